The van der Waals surface area contributed by atoms with E-state index in [1.165, 1.54) is 250 Å². The third kappa shape index (κ3) is 69.8. The monoisotopic (exact) mass is 1160 g/mol. The number of carbonyl (C=O) groups excluding carboxylic acids is 3. The van der Waals surface area contributed by atoms with Crippen molar-refractivity contribution in [2.75, 3.05) is 13.2 Å². The largest absolute Gasteiger partial charge is 0.462 e. The third-order valence-corrected chi connectivity index (χ3v) is 16.5. The van der Waals surface area contributed by atoms with Crippen molar-refractivity contribution < 1.29 is 28.6 Å². The molecule has 0 saturated carbocycles. The van der Waals surface area contributed by atoms with Crippen molar-refractivity contribution in [2.45, 2.75) is 399 Å². The Kier molecular flexibility index (Phi) is 69.1. The number of hydrogen-bond donors (Lipinski definition) is 0. The van der Waals surface area contributed by atoms with Crippen LogP contribution in [0.3, 0.4) is 0 Å². The minimum Gasteiger partial charge on any atom is -0.462 e. The van der Waals surface area contributed by atoms with Crippen molar-refractivity contribution in [3.8, 4) is 0 Å². The normalized spacial score (nSPS) is 12.4. The first-order valence-electron chi connectivity index (χ1n) is 36.8. The summed E-state index contributed by atoms with van der Waals surface area (Å²) in [7, 11) is 0. The maximum Gasteiger partial charge on any atom is 0.306 e. The van der Waals surface area contributed by atoms with Gasteiger partial charge in [0.2, 0.25) is 0 Å². The van der Waals surface area contributed by atoms with Gasteiger partial charge in [-0.2, -0.15) is 0 Å². The minimum absolute atomic E-state index is 0.0762. The zero-order chi connectivity index (χ0) is 59.9. The number of carbonyl (C=O) groups is 3. The van der Waals surface area contributed by atoms with Gasteiger partial charge in [-0.1, -0.05) is 351 Å². The fraction of sp³-hybridized carbons (Fsp3) is 0.831. The van der Waals surface area contributed by atoms with Crippen LogP contribution in [-0.4, -0.2) is 37.2 Å². The number of ether oxygens (including phenoxy) is 3. The van der Waals surface area contributed by atoms with Crippen molar-refractivity contribution >= 4 is 17.9 Å². The van der Waals surface area contributed by atoms with Crippen LogP contribution in [0.2, 0.25) is 0 Å². The second-order valence-corrected chi connectivity index (χ2v) is 24.8. The molecule has 0 radical (unpaired) electrons. The van der Waals surface area contributed by atoms with Crippen LogP contribution in [0.25, 0.3) is 0 Å². The predicted molar refractivity (Wildman–Crippen MR) is 362 cm³/mol. The van der Waals surface area contributed by atoms with Gasteiger partial charge in [0.1, 0.15) is 13.2 Å². The smallest absolute Gasteiger partial charge is 0.306 e. The lowest BCUT2D eigenvalue weighted by Gasteiger charge is -2.18. The highest BCUT2D eigenvalue weighted by Gasteiger charge is 2.19. The van der Waals surface area contributed by atoms with Crippen LogP contribution in [0.5, 0.6) is 0 Å². The maximum atomic E-state index is 13.0. The van der Waals surface area contributed by atoms with E-state index in [1.54, 1.807) is 0 Å². The maximum absolute atomic E-state index is 13.0. The Morgan fingerprint density at radius 3 is 0.735 bits per heavy atom. The Morgan fingerprint density at radius 2 is 0.470 bits per heavy atom. The Labute approximate surface area is 517 Å². The summed E-state index contributed by atoms with van der Waals surface area (Å²) in [6.07, 6.45) is 92.6. The molecular weight excluding hydrogens is 1020 g/mol. The van der Waals surface area contributed by atoms with Gasteiger partial charge in [0.15, 0.2) is 6.10 Å². The highest BCUT2D eigenvalue weighted by molar-refractivity contribution is 5.71. The van der Waals surface area contributed by atoms with Gasteiger partial charge in [-0.3, -0.25) is 14.4 Å². The lowest BCUT2D eigenvalue weighted by Crippen LogP contribution is -2.30. The quantitative estimate of drug-likeness (QED) is 0.0261. The average molecular weight is 1160 g/mol. The average Bonchev–Trinajstić information content (AvgIpc) is 3.49. The second-order valence-electron chi connectivity index (χ2n) is 24.8. The molecule has 0 aliphatic rings. The van der Waals surface area contributed by atoms with Gasteiger partial charge in [0.25, 0.3) is 0 Å². The summed E-state index contributed by atoms with van der Waals surface area (Å²) < 4.78 is 17.0. The molecule has 0 heterocycles. The van der Waals surface area contributed by atoms with E-state index in [-0.39, 0.29) is 31.1 Å². The minimum atomic E-state index is -0.782. The van der Waals surface area contributed by atoms with Gasteiger partial charge in [-0.05, 0) is 83.5 Å². The van der Waals surface area contributed by atoms with Crippen LogP contribution in [0.4, 0.5) is 0 Å². The van der Waals surface area contributed by atoms with Crippen LogP contribution in [0.15, 0.2) is 60.8 Å². The Morgan fingerprint density at radius 1 is 0.253 bits per heavy atom. The van der Waals surface area contributed by atoms with Crippen molar-refractivity contribution in [3.63, 3.8) is 0 Å². The first kappa shape index (κ1) is 80.1. The molecule has 0 spiro atoms. The zero-order valence-electron chi connectivity index (χ0n) is 55.7. The van der Waals surface area contributed by atoms with Gasteiger partial charge in [-0.25, -0.2) is 0 Å². The van der Waals surface area contributed by atoms with Crippen molar-refractivity contribution in [1.29, 1.82) is 0 Å². The standard InChI is InChI=1S/C77H140O6/c1-4-7-10-13-16-19-22-25-28-30-32-34-36-38-40-42-44-46-49-52-55-58-61-64-67-70-76(79)82-73-74(72-81-75(78)69-66-63-60-57-54-51-48-27-24-21-18-15-12-9-6-3)83-77(80)71-68-65-62-59-56-53-50-47-45-43-41-39-37-35-33-31-29-26-23-20-17-14-11-8-5-2/h9,12,18,21-22,25,27,30,32,48,74H,4-8,10-11,13-17,19-20,23-24,26,28-29,31,33-47,49-73H2,1-3H3/b12-9-,21-18-,25-22-,32-30-,48-27-. The Bertz CT molecular complexity index is 1470. The molecule has 0 saturated heterocycles. The zero-order valence-corrected chi connectivity index (χ0v) is 55.7. The van der Waals surface area contributed by atoms with E-state index in [2.05, 4.69) is 81.5 Å². The molecule has 0 aliphatic carbocycles. The van der Waals surface area contributed by atoms with Gasteiger partial charge in [-0.15, -0.1) is 0 Å². The fourth-order valence-electron chi connectivity index (χ4n) is 11.0. The molecule has 0 aromatic rings. The molecule has 0 fully saturated rings. The molecule has 6 nitrogen and oxygen atoms in total. The summed E-state index contributed by atoms with van der Waals surface area (Å²) in [5.74, 6) is -0.868. The molecule has 0 bridgehead atoms. The van der Waals surface area contributed by atoms with E-state index in [0.717, 1.165) is 103 Å². The molecule has 0 N–H and O–H groups in total. The van der Waals surface area contributed by atoms with Gasteiger partial charge < -0.3 is 14.2 Å². The number of rotatable bonds is 68. The van der Waals surface area contributed by atoms with Gasteiger partial charge in [0.05, 0.1) is 0 Å². The van der Waals surface area contributed by atoms with E-state index >= 15 is 0 Å². The first-order valence-corrected chi connectivity index (χ1v) is 36.8. The van der Waals surface area contributed by atoms with Gasteiger partial charge in [0, 0.05) is 19.3 Å². The molecule has 6 heteroatoms. The summed E-state index contributed by atoms with van der Waals surface area (Å²) >= 11 is 0. The highest BCUT2D eigenvalue weighted by Crippen LogP contribution is 2.19. The van der Waals surface area contributed by atoms with E-state index in [0.29, 0.717) is 19.3 Å². The topological polar surface area (TPSA) is 78.9 Å². The molecule has 0 aliphatic heterocycles. The van der Waals surface area contributed by atoms with Crippen LogP contribution >= 0.6 is 0 Å². The van der Waals surface area contributed by atoms with Crippen LogP contribution in [0.1, 0.15) is 393 Å². The summed E-state index contributed by atoms with van der Waals surface area (Å²) in [6, 6.07) is 0. The lowest BCUT2D eigenvalue weighted by atomic mass is 10.0. The van der Waals surface area contributed by atoms with E-state index in [1.807, 2.05) is 0 Å². The predicted octanol–water partition coefficient (Wildman–Crippen LogP) is 25.5. The summed E-state index contributed by atoms with van der Waals surface area (Å²) in [6.45, 7) is 6.58. The van der Waals surface area contributed by atoms with Crippen LogP contribution < -0.4 is 0 Å². The number of esters is 3. The SMILES string of the molecule is CC/C=C\C/C=C\C/C=C\CCCCCCCC(=O)OCC(COC(=O)CCCCCCCCCCCCCCC/C=C\C/C=C\CCCCCCC)OC(=O)CCCCCCCCCCCCCCCCCCCCCCCCCCC. The molecule has 484 valence electrons. The first-order chi connectivity index (χ1) is 41.0. The molecule has 1 atom stereocenters. The Balaban J connectivity index is 4.27. The third-order valence-electron chi connectivity index (χ3n) is 16.5. The summed E-state index contributed by atoms with van der Waals surface area (Å²) in [5, 5.41) is 0. The summed E-state index contributed by atoms with van der Waals surface area (Å²) in [4.78, 5) is 38.5. The number of unbranched alkanes of at least 4 members (excludes halogenated alkanes) is 47. The highest BCUT2D eigenvalue weighted by atomic mass is 16.6. The van der Waals surface area contributed by atoms with Crippen molar-refractivity contribution in [1.82, 2.24) is 0 Å². The van der Waals surface area contributed by atoms with Crippen LogP contribution in [-0.2, 0) is 28.6 Å². The number of hydrogen-bond acceptors (Lipinski definition) is 6. The molecule has 83 heavy (non-hydrogen) atoms. The molecule has 0 rings (SSSR count). The van der Waals surface area contributed by atoms with Crippen LogP contribution in [0, 0.1) is 0 Å². The molecular formula is C77H140O6. The number of allylic oxidation sites excluding steroid dienone is 10. The second kappa shape index (κ2) is 71.6. The van der Waals surface area contributed by atoms with E-state index in [9.17, 15) is 14.4 Å². The Hall–Kier alpha value is -2.89. The van der Waals surface area contributed by atoms with E-state index < -0.39 is 6.10 Å². The fourth-order valence-corrected chi connectivity index (χ4v) is 11.0. The molecule has 0 aromatic heterocycles. The van der Waals surface area contributed by atoms with Crippen molar-refractivity contribution in [3.05, 3.63) is 60.8 Å². The van der Waals surface area contributed by atoms with Crippen molar-refractivity contribution in [2.24, 2.45) is 0 Å². The lowest BCUT2D eigenvalue weighted by molar-refractivity contribution is -0.167. The van der Waals surface area contributed by atoms with E-state index in [4.69, 9.17) is 14.2 Å². The molecule has 0 amide bonds. The summed E-state index contributed by atoms with van der Waals surface area (Å²) in [5.41, 5.74) is 0. The molecule has 0 aromatic carbocycles. The molecule has 1 unspecified atom stereocenters. The van der Waals surface area contributed by atoms with Gasteiger partial charge >= 0.3 is 17.9 Å².